The first-order valence-electron chi connectivity index (χ1n) is 8.77. The lowest BCUT2D eigenvalue weighted by atomic mass is 9.85. The summed E-state index contributed by atoms with van der Waals surface area (Å²) in [5.41, 5.74) is 7.40. The van der Waals surface area contributed by atoms with Gasteiger partial charge < -0.3 is 10.8 Å². The fourth-order valence-electron chi connectivity index (χ4n) is 3.52. The van der Waals surface area contributed by atoms with Crippen molar-refractivity contribution < 1.29 is 5.11 Å². The molecule has 1 aromatic rings. The molecule has 1 aliphatic carbocycles. The molecule has 22 heavy (non-hydrogen) atoms. The van der Waals surface area contributed by atoms with Crippen molar-refractivity contribution in [3.63, 3.8) is 0 Å². The molecule has 2 rings (SSSR count). The number of aryl methyl sites for hydroxylation is 1. The van der Waals surface area contributed by atoms with Crippen LogP contribution in [0.1, 0.15) is 69.8 Å². The van der Waals surface area contributed by atoms with Crippen LogP contribution in [-0.2, 0) is 6.42 Å². The fraction of sp³-hybridized carbons (Fsp3) is 0.684. The summed E-state index contributed by atoms with van der Waals surface area (Å²) in [6.45, 7) is 0. The highest BCUT2D eigenvalue weighted by Crippen LogP contribution is 2.28. The smallest absolute Gasteiger partial charge is 0.115 e. The molecule has 1 atom stereocenters. The van der Waals surface area contributed by atoms with Crippen LogP contribution in [-0.4, -0.2) is 11.1 Å². The Bertz CT molecular complexity index is 404. The molecule has 0 aromatic heterocycles. The third-order valence-corrected chi connectivity index (χ3v) is 4.88. The minimum absolute atomic E-state index is 0. The van der Waals surface area contributed by atoms with Crippen LogP contribution in [0.15, 0.2) is 24.3 Å². The highest BCUT2D eigenvalue weighted by molar-refractivity contribution is 5.85. The zero-order chi connectivity index (χ0) is 14.9. The van der Waals surface area contributed by atoms with Crippen LogP contribution < -0.4 is 5.73 Å². The predicted molar refractivity (Wildman–Crippen MR) is 96.7 cm³/mol. The number of nitrogens with two attached hydrogens (primary N) is 1. The summed E-state index contributed by atoms with van der Waals surface area (Å²) >= 11 is 0. The van der Waals surface area contributed by atoms with E-state index in [0.29, 0.717) is 11.8 Å². The molecule has 2 nitrogen and oxygen atoms in total. The number of aromatic hydroxyl groups is 1. The number of hydrogen-bond acceptors (Lipinski definition) is 2. The van der Waals surface area contributed by atoms with Gasteiger partial charge in [0.2, 0.25) is 0 Å². The minimum Gasteiger partial charge on any atom is -0.508 e. The summed E-state index contributed by atoms with van der Waals surface area (Å²) in [7, 11) is 0. The molecule has 0 radical (unpaired) electrons. The van der Waals surface area contributed by atoms with Crippen molar-refractivity contribution in [3.05, 3.63) is 29.8 Å². The Balaban J connectivity index is 0.00000242. The van der Waals surface area contributed by atoms with E-state index < -0.39 is 0 Å². The van der Waals surface area contributed by atoms with Gasteiger partial charge in [0.1, 0.15) is 5.75 Å². The SMILES string of the molecule is Cl.NC(CCCCC1CCCCC1)CCc1cccc(O)c1. The van der Waals surface area contributed by atoms with Gasteiger partial charge in [-0.15, -0.1) is 12.4 Å². The van der Waals surface area contributed by atoms with Crippen LogP contribution in [0.5, 0.6) is 5.75 Å². The number of phenolic OH excluding ortho intramolecular Hbond substituents is 1. The van der Waals surface area contributed by atoms with E-state index in [1.807, 2.05) is 12.1 Å². The number of rotatable bonds is 8. The maximum Gasteiger partial charge on any atom is 0.115 e. The topological polar surface area (TPSA) is 46.2 Å². The van der Waals surface area contributed by atoms with Gasteiger partial charge in [0.25, 0.3) is 0 Å². The third-order valence-electron chi connectivity index (χ3n) is 4.88. The van der Waals surface area contributed by atoms with Crippen LogP contribution in [0.25, 0.3) is 0 Å². The molecular formula is C19H32ClNO. The summed E-state index contributed by atoms with van der Waals surface area (Å²) in [5, 5.41) is 9.44. The van der Waals surface area contributed by atoms with Gasteiger partial charge in [-0.3, -0.25) is 0 Å². The highest BCUT2D eigenvalue weighted by atomic mass is 35.5. The monoisotopic (exact) mass is 325 g/mol. The van der Waals surface area contributed by atoms with E-state index in [4.69, 9.17) is 5.73 Å². The van der Waals surface area contributed by atoms with Gasteiger partial charge >= 0.3 is 0 Å². The Morgan fingerprint density at radius 1 is 1.09 bits per heavy atom. The molecule has 3 N–H and O–H groups in total. The van der Waals surface area contributed by atoms with Gasteiger partial charge in [-0.05, 0) is 42.9 Å². The molecule has 0 amide bonds. The summed E-state index contributed by atoms with van der Waals surface area (Å²) in [6.07, 6.45) is 14.5. The lowest BCUT2D eigenvalue weighted by molar-refractivity contribution is 0.326. The van der Waals surface area contributed by atoms with Gasteiger partial charge in [-0.2, -0.15) is 0 Å². The van der Waals surface area contributed by atoms with Gasteiger partial charge in [-0.1, -0.05) is 63.5 Å². The van der Waals surface area contributed by atoms with Crippen LogP contribution in [0.2, 0.25) is 0 Å². The van der Waals surface area contributed by atoms with E-state index in [9.17, 15) is 5.11 Å². The molecule has 1 unspecified atom stereocenters. The molecule has 1 aliphatic rings. The van der Waals surface area contributed by atoms with Crippen LogP contribution in [0, 0.1) is 5.92 Å². The largest absolute Gasteiger partial charge is 0.508 e. The zero-order valence-electron chi connectivity index (χ0n) is 13.7. The second-order valence-electron chi connectivity index (χ2n) is 6.76. The molecule has 0 bridgehead atoms. The molecule has 3 heteroatoms. The van der Waals surface area contributed by atoms with E-state index in [2.05, 4.69) is 6.07 Å². The molecule has 1 aromatic carbocycles. The van der Waals surface area contributed by atoms with E-state index in [-0.39, 0.29) is 12.4 Å². The van der Waals surface area contributed by atoms with Crippen LogP contribution in [0.3, 0.4) is 0 Å². The summed E-state index contributed by atoms with van der Waals surface area (Å²) in [4.78, 5) is 0. The maximum atomic E-state index is 9.44. The Morgan fingerprint density at radius 3 is 2.59 bits per heavy atom. The number of hydrogen-bond donors (Lipinski definition) is 2. The van der Waals surface area contributed by atoms with Crippen molar-refractivity contribution in [2.45, 2.75) is 76.7 Å². The Labute approximate surface area is 141 Å². The zero-order valence-corrected chi connectivity index (χ0v) is 14.5. The molecule has 1 saturated carbocycles. The van der Waals surface area contributed by atoms with Crippen molar-refractivity contribution in [2.75, 3.05) is 0 Å². The molecule has 0 aliphatic heterocycles. The first-order chi connectivity index (χ1) is 10.2. The average Bonchev–Trinajstić information content (AvgIpc) is 2.51. The van der Waals surface area contributed by atoms with Crippen molar-refractivity contribution >= 4 is 12.4 Å². The first-order valence-corrected chi connectivity index (χ1v) is 8.77. The van der Waals surface area contributed by atoms with Crippen LogP contribution >= 0.6 is 12.4 Å². The molecule has 1 fully saturated rings. The highest BCUT2D eigenvalue weighted by Gasteiger charge is 2.13. The van der Waals surface area contributed by atoms with E-state index >= 15 is 0 Å². The molecule has 0 spiro atoms. The van der Waals surface area contributed by atoms with Gasteiger partial charge in [0.05, 0.1) is 0 Å². The van der Waals surface area contributed by atoms with Crippen molar-refractivity contribution in [2.24, 2.45) is 11.7 Å². The van der Waals surface area contributed by atoms with E-state index in [0.717, 1.165) is 25.2 Å². The normalized spacial score (nSPS) is 17.0. The van der Waals surface area contributed by atoms with Crippen molar-refractivity contribution in [1.29, 1.82) is 0 Å². The Morgan fingerprint density at radius 2 is 1.86 bits per heavy atom. The molecule has 0 saturated heterocycles. The second kappa shape index (κ2) is 10.9. The number of benzene rings is 1. The summed E-state index contributed by atoms with van der Waals surface area (Å²) in [6, 6.07) is 7.83. The fourth-order valence-corrected chi connectivity index (χ4v) is 3.52. The maximum absolute atomic E-state index is 9.44. The molecular weight excluding hydrogens is 294 g/mol. The number of halogens is 1. The first kappa shape index (κ1) is 19.3. The van der Waals surface area contributed by atoms with Gasteiger partial charge in [-0.25, -0.2) is 0 Å². The lowest BCUT2D eigenvalue weighted by Crippen LogP contribution is -2.20. The summed E-state index contributed by atoms with van der Waals surface area (Å²) in [5.74, 6) is 1.36. The standard InChI is InChI=1S/C19H31NO.ClH/c20-18(14-13-17-10-6-12-19(21)15-17)11-5-4-9-16-7-2-1-3-8-16;/h6,10,12,15-16,18,21H,1-5,7-9,11,13-14,20H2;1H. The summed E-state index contributed by atoms with van der Waals surface area (Å²) < 4.78 is 0. The quantitative estimate of drug-likeness (QED) is 0.644. The second-order valence-corrected chi connectivity index (χ2v) is 6.76. The predicted octanol–water partition coefficient (Wildman–Crippen LogP) is 5.21. The van der Waals surface area contributed by atoms with E-state index in [1.54, 1.807) is 6.07 Å². The van der Waals surface area contributed by atoms with Gasteiger partial charge in [0, 0.05) is 6.04 Å². The van der Waals surface area contributed by atoms with Crippen molar-refractivity contribution in [3.8, 4) is 5.75 Å². The molecule has 126 valence electrons. The third kappa shape index (κ3) is 7.51. The lowest BCUT2D eigenvalue weighted by Gasteiger charge is -2.21. The Hall–Kier alpha value is -0.730. The Kier molecular flexibility index (Phi) is 9.58. The van der Waals surface area contributed by atoms with E-state index in [1.165, 1.54) is 56.9 Å². The minimum atomic E-state index is 0. The van der Waals surface area contributed by atoms with Crippen LogP contribution in [0.4, 0.5) is 0 Å². The number of unbranched alkanes of at least 4 members (excludes halogenated alkanes) is 1. The van der Waals surface area contributed by atoms with Crippen molar-refractivity contribution in [1.82, 2.24) is 0 Å². The molecule has 0 heterocycles. The van der Waals surface area contributed by atoms with Gasteiger partial charge in [0.15, 0.2) is 0 Å². The number of phenols is 1. The average molecular weight is 326 g/mol.